The van der Waals surface area contributed by atoms with Crippen molar-refractivity contribution in [3.8, 4) is 17.2 Å². The van der Waals surface area contributed by atoms with Gasteiger partial charge in [-0.15, -0.1) is 0 Å². The van der Waals surface area contributed by atoms with E-state index in [4.69, 9.17) is 14.2 Å². The van der Waals surface area contributed by atoms with Crippen LogP contribution in [0.25, 0.3) is 0 Å². The molecule has 0 radical (unpaired) electrons. The summed E-state index contributed by atoms with van der Waals surface area (Å²) in [4.78, 5) is 12.7. The Balaban J connectivity index is 2.29. The standard InChI is InChI=1S/C18H20O4/c1-12(13-5-7-15(20-2)8-6-13)18(19)14-9-16(21-3)11-17(10-14)22-4/h5-12H,1-4H3. The molecule has 116 valence electrons. The molecule has 0 aliphatic heterocycles. The number of ether oxygens (including phenoxy) is 3. The third kappa shape index (κ3) is 3.39. The molecule has 4 nitrogen and oxygen atoms in total. The van der Waals surface area contributed by atoms with Gasteiger partial charge in [0.1, 0.15) is 17.2 Å². The lowest BCUT2D eigenvalue weighted by molar-refractivity contribution is 0.0965. The summed E-state index contributed by atoms with van der Waals surface area (Å²) in [5.74, 6) is 1.73. The van der Waals surface area contributed by atoms with E-state index in [0.717, 1.165) is 11.3 Å². The molecule has 0 aromatic heterocycles. The largest absolute Gasteiger partial charge is 0.497 e. The number of hydrogen-bond acceptors (Lipinski definition) is 4. The molecule has 1 atom stereocenters. The van der Waals surface area contributed by atoms with E-state index in [1.165, 1.54) is 0 Å². The first kappa shape index (κ1) is 15.9. The van der Waals surface area contributed by atoms with Gasteiger partial charge in [0, 0.05) is 17.5 Å². The van der Waals surface area contributed by atoms with Crippen LogP contribution in [-0.2, 0) is 0 Å². The fourth-order valence-corrected chi connectivity index (χ4v) is 2.24. The SMILES string of the molecule is COc1ccc(C(C)C(=O)c2cc(OC)cc(OC)c2)cc1. The van der Waals surface area contributed by atoms with Crippen LogP contribution >= 0.6 is 0 Å². The maximum Gasteiger partial charge on any atom is 0.170 e. The summed E-state index contributed by atoms with van der Waals surface area (Å²) < 4.78 is 15.6. The van der Waals surface area contributed by atoms with Crippen molar-refractivity contribution in [1.29, 1.82) is 0 Å². The minimum Gasteiger partial charge on any atom is -0.497 e. The summed E-state index contributed by atoms with van der Waals surface area (Å²) in [6.45, 7) is 1.89. The van der Waals surface area contributed by atoms with E-state index in [9.17, 15) is 4.79 Å². The van der Waals surface area contributed by atoms with Crippen LogP contribution in [0.1, 0.15) is 28.8 Å². The van der Waals surface area contributed by atoms with Crippen LogP contribution in [0.3, 0.4) is 0 Å². The monoisotopic (exact) mass is 300 g/mol. The van der Waals surface area contributed by atoms with Gasteiger partial charge < -0.3 is 14.2 Å². The molecule has 0 saturated heterocycles. The first-order valence-corrected chi connectivity index (χ1v) is 7.00. The lowest BCUT2D eigenvalue weighted by Gasteiger charge is -2.13. The summed E-state index contributed by atoms with van der Waals surface area (Å²) in [6.07, 6.45) is 0. The Labute approximate surface area is 130 Å². The van der Waals surface area contributed by atoms with E-state index in [0.29, 0.717) is 17.1 Å². The highest BCUT2D eigenvalue weighted by atomic mass is 16.5. The van der Waals surface area contributed by atoms with Crippen LogP contribution in [0.2, 0.25) is 0 Å². The number of rotatable bonds is 6. The molecule has 0 saturated carbocycles. The second kappa shape index (κ2) is 6.98. The molecule has 0 heterocycles. The zero-order valence-electron chi connectivity index (χ0n) is 13.3. The lowest BCUT2D eigenvalue weighted by Crippen LogP contribution is -2.10. The Kier molecular flexibility index (Phi) is 5.04. The smallest absolute Gasteiger partial charge is 0.170 e. The summed E-state index contributed by atoms with van der Waals surface area (Å²) >= 11 is 0. The van der Waals surface area contributed by atoms with E-state index in [-0.39, 0.29) is 11.7 Å². The van der Waals surface area contributed by atoms with Crippen molar-refractivity contribution in [2.45, 2.75) is 12.8 Å². The second-order valence-electron chi connectivity index (χ2n) is 4.96. The van der Waals surface area contributed by atoms with Gasteiger partial charge in [-0.2, -0.15) is 0 Å². The zero-order chi connectivity index (χ0) is 16.1. The van der Waals surface area contributed by atoms with Gasteiger partial charge in [-0.05, 0) is 29.8 Å². The number of benzene rings is 2. The molecule has 2 aromatic carbocycles. The maximum atomic E-state index is 12.7. The van der Waals surface area contributed by atoms with Gasteiger partial charge in [-0.1, -0.05) is 19.1 Å². The number of Topliss-reactive ketones (excluding diaryl/α,β-unsaturated/α-hetero) is 1. The van der Waals surface area contributed by atoms with Gasteiger partial charge in [-0.25, -0.2) is 0 Å². The van der Waals surface area contributed by atoms with Gasteiger partial charge in [0.2, 0.25) is 0 Å². The molecule has 2 rings (SSSR count). The topological polar surface area (TPSA) is 44.8 Å². The van der Waals surface area contributed by atoms with E-state index in [1.807, 2.05) is 31.2 Å². The minimum absolute atomic E-state index is 0.0161. The van der Waals surface area contributed by atoms with Gasteiger partial charge in [0.15, 0.2) is 5.78 Å². The van der Waals surface area contributed by atoms with Crippen molar-refractivity contribution in [3.63, 3.8) is 0 Å². The number of hydrogen-bond donors (Lipinski definition) is 0. The predicted octanol–water partition coefficient (Wildman–Crippen LogP) is 3.70. The van der Waals surface area contributed by atoms with Crippen LogP contribution in [0.15, 0.2) is 42.5 Å². The Morgan fingerprint density at radius 1 is 0.818 bits per heavy atom. The molecule has 0 bridgehead atoms. The highest BCUT2D eigenvalue weighted by Crippen LogP contribution is 2.28. The van der Waals surface area contributed by atoms with E-state index in [2.05, 4.69) is 0 Å². The van der Waals surface area contributed by atoms with Gasteiger partial charge >= 0.3 is 0 Å². The summed E-state index contributed by atoms with van der Waals surface area (Å²) in [5.41, 5.74) is 1.51. The minimum atomic E-state index is -0.261. The predicted molar refractivity (Wildman–Crippen MR) is 85.3 cm³/mol. The van der Waals surface area contributed by atoms with Gasteiger partial charge in [0.25, 0.3) is 0 Å². The Morgan fingerprint density at radius 3 is 1.77 bits per heavy atom. The third-order valence-electron chi connectivity index (χ3n) is 3.65. The van der Waals surface area contributed by atoms with Gasteiger partial charge in [-0.3, -0.25) is 4.79 Å². The van der Waals surface area contributed by atoms with Crippen molar-refractivity contribution in [2.24, 2.45) is 0 Å². The van der Waals surface area contributed by atoms with Crippen molar-refractivity contribution in [1.82, 2.24) is 0 Å². The fourth-order valence-electron chi connectivity index (χ4n) is 2.24. The quantitative estimate of drug-likeness (QED) is 0.763. The molecular formula is C18H20O4. The molecule has 22 heavy (non-hydrogen) atoms. The molecule has 0 fully saturated rings. The molecule has 1 unspecified atom stereocenters. The van der Waals surface area contributed by atoms with Crippen LogP contribution in [0.4, 0.5) is 0 Å². The van der Waals surface area contributed by atoms with E-state index < -0.39 is 0 Å². The highest BCUT2D eigenvalue weighted by Gasteiger charge is 2.19. The zero-order valence-corrected chi connectivity index (χ0v) is 13.3. The van der Waals surface area contributed by atoms with Crippen LogP contribution in [0, 0.1) is 0 Å². The summed E-state index contributed by atoms with van der Waals surface area (Å²) in [5, 5.41) is 0. The van der Waals surface area contributed by atoms with Crippen molar-refractivity contribution in [2.75, 3.05) is 21.3 Å². The number of carbonyl (C=O) groups excluding carboxylic acids is 1. The van der Waals surface area contributed by atoms with Crippen LogP contribution in [0.5, 0.6) is 17.2 Å². The van der Waals surface area contributed by atoms with Gasteiger partial charge in [0.05, 0.1) is 21.3 Å². The fraction of sp³-hybridized carbons (Fsp3) is 0.278. The molecule has 0 aliphatic carbocycles. The number of ketones is 1. The van der Waals surface area contributed by atoms with E-state index >= 15 is 0 Å². The maximum absolute atomic E-state index is 12.7. The summed E-state index contributed by atoms with van der Waals surface area (Å²) in [6, 6.07) is 12.7. The van der Waals surface area contributed by atoms with E-state index in [1.54, 1.807) is 39.5 Å². The lowest BCUT2D eigenvalue weighted by atomic mass is 9.92. The first-order valence-electron chi connectivity index (χ1n) is 7.00. The molecule has 2 aromatic rings. The average molecular weight is 300 g/mol. The molecule has 4 heteroatoms. The molecule has 0 aliphatic rings. The molecule has 0 N–H and O–H groups in total. The van der Waals surface area contributed by atoms with Crippen molar-refractivity contribution < 1.29 is 19.0 Å². The molecular weight excluding hydrogens is 280 g/mol. The third-order valence-corrected chi connectivity index (χ3v) is 3.65. The molecule has 0 spiro atoms. The Bertz CT molecular complexity index is 624. The first-order chi connectivity index (χ1) is 10.6. The summed E-state index contributed by atoms with van der Waals surface area (Å²) in [7, 11) is 4.75. The molecule has 0 amide bonds. The van der Waals surface area contributed by atoms with Crippen molar-refractivity contribution in [3.05, 3.63) is 53.6 Å². The Hall–Kier alpha value is -2.49. The average Bonchev–Trinajstić information content (AvgIpc) is 2.59. The number of carbonyl (C=O) groups is 1. The second-order valence-corrected chi connectivity index (χ2v) is 4.96. The Morgan fingerprint density at radius 2 is 1.32 bits per heavy atom. The number of methoxy groups -OCH3 is 3. The normalized spacial score (nSPS) is 11.6. The highest BCUT2D eigenvalue weighted by molar-refractivity contribution is 6.01. The van der Waals surface area contributed by atoms with Crippen molar-refractivity contribution >= 4 is 5.78 Å². The van der Waals surface area contributed by atoms with Crippen LogP contribution in [-0.4, -0.2) is 27.1 Å². The van der Waals surface area contributed by atoms with Crippen LogP contribution < -0.4 is 14.2 Å².